The van der Waals surface area contributed by atoms with E-state index in [9.17, 15) is 20.1 Å². The highest BCUT2D eigenvalue weighted by Crippen LogP contribution is 2.28. The fraction of sp³-hybridized carbons (Fsp3) is 0.682. The molecule has 0 aromatic carbocycles. The second kappa shape index (κ2) is 11.6. The van der Waals surface area contributed by atoms with Gasteiger partial charge in [-0.1, -0.05) is 29.4 Å². The molecule has 1 fully saturated rings. The molecule has 0 bridgehead atoms. The number of hydrogen-bond acceptors (Lipinski definition) is 7. The number of ether oxygens (including phenoxy) is 3. The molecule has 7 nitrogen and oxygen atoms in total. The number of carbonyl (C=O) groups excluding carboxylic acids is 1. The third-order valence-corrected chi connectivity index (χ3v) is 4.74. The second-order valence-electron chi connectivity index (χ2n) is 8.07. The third kappa shape index (κ3) is 8.80. The molecule has 1 aliphatic rings. The predicted molar refractivity (Wildman–Crippen MR) is 110 cm³/mol. The van der Waals surface area contributed by atoms with E-state index >= 15 is 0 Å². The predicted octanol–water partition coefficient (Wildman–Crippen LogP) is 2.40. The summed E-state index contributed by atoms with van der Waals surface area (Å²) in [4.78, 5) is 11.4. The molecular weight excluding hydrogens is 376 g/mol. The minimum absolute atomic E-state index is 0.127. The van der Waals surface area contributed by atoms with Crippen molar-refractivity contribution in [2.24, 2.45) is 0 Å². The Morgan fingerprint density at radius 2 is 1.97 bits per heavy atom. The van der Waals surface area contributed by atoms with Crippen LogP contribution in [0.15, 0.2) is 36.0 Å². The minimum atomic E-state index is -1.30. The number of carbonyl (C=O) groups is 1. The van der Waals surface area contributed by atoms with Gasteiger partial charge in [0.2, 0.25) is 0 Å². The summed E-state index contributed by atoms with van der Waals surface area (Å²) in [7, 11) is 0. The van der Waals surface area contributed by atoms with Gasteiger partial charge in [-0.25, -0.2) is 0 Å². The summed E-state index contributed by atoms with van der Waals surface area (Å²) >= 11 is 0. The average Bonchev–Trinajstić information content (AvgIpc) is 2.60. The maximum atomic E-state index is 11.4. The van der Waals surface area contributed by atoms with E-state index in [-0.39, 0.29) is 6.61 Å². The van der Waals surface area contributed by atoms with Gasteiger partial charge in [0.05, 0.1) is 18.3 Å². The summed E-state index contributed by atoms with van der Waals surface area (Å²) in [5.74, 6) is -0.603. The topological polar surface area (TPSA) is 105 Å². The van der Waals surface area contributed by atoms with E-state index in [0.29, 0.717) is 19.3 Å². The zero-order valence-electron chi connectivity index (χ0n) is 18.1. The Balaban J connectivity index is 2.73. The van der Waals surface area contributed by atoms with Gasteiger partial charge in [0.15, 0.2) is 12.4 Å². The SMILES string of the molecule is C=C[C@](C)(CC/C=C(\C)C[C@@H](O)C=C(C)C)O[C@H]1OC[C@H](O)[C@@H](O)[C@@H]1OC(C)=O. The van der Waals surface area contributed by atoms with Crippen molar-refractivity contribution in [1.82, 2.24) is 0 Å². The Hall–Kier alpha value is -1.51. The molecule has 1 saturated heterocycles. The third-order valence-electron chi connectivity index (χ3n) is 4.74. The lowest BCUT2D eigenvalue weighted by Gasteiger charge is -2.40. The number of esters is 1. The monoisotopic (exact) mass is 412 g/mol. The number of rotatable bonds is 10. The van der Waals surface area contributed by atoms with E-state index < -0.39 is 42.3 Å². The van der Waals surface area contributed by atoms with Crippen molar-refractivity contribution in [2.75, 3.05) is 6.61 Å². The van der Waals surface area contributed by atoms with E-state index in [4.69, 9.17) is 14.2 Å². The normalized spacial score (nSPS) is 28.2. The van der Waals surface area contributed by atoms with Crippen molar-refractivity contribution in [2.45, 2.75) is 90.2 Å². The number of allylic oxidation sites excluding steroid dienone is 2. The van der Waals surface area contributed by atoms with Crippen LogP contribution in [0.5, 0.6) is 0 Å². The van der Waals surface area contributed by atoms with Gasteiger partial charge in [0.25, 0.3) is 0 Å². The van der Waals surface area contributed by atoms with Crippen LogP contribution in [-0.4, -0.2) is 64.2 Å². The van der Waals surface area contributed by atoms with Crippen LogP contribution in [0.25, 0.3) is 0 Å². The quantitative estimate of drug-likeness (QED) is 0.374. The Morgan fingerprint density at radius 1 is 1.31 bits per heavy atom. The van der Waals surface area contributed by atoms with E-state index in [1.807, 2.05) is 39.8 Å². The maximum absolute atomic E-state index is 11.4. The Kier molecular flexibility index (Phi) is 10.2. The van der Waals surface area contributed by atoms with Crippen molar-refractivity contribution in [3.63, 3.8) is 0 Å². The highest BCUT2D eigenvalue weighted by atomic mass is 16.7. The van der Waals surface area contributed by atoms with Crippen molar-refractivity contribution in [1.29, 1.82) is 0 Å². The molecule has 0 spiro atoms. The Bertz CT molecular complexity index is 608. The molecule has 0 aromatic heterocycles. The zero-order valence-corrected chi connectivity index (χ0v) is 18.1. The number of aliphatic hydroxyl groups is 3. The summed E-state index contributed by atoms with van der Waals surface area (Å²) in [6.07, 6.45) is 2.17. The fourth-order valence-electron chi connectivity index (χ4n) is 3.12. The van der Waals surface area contributed by atoms with Crippen LogP contribution in [0, 0.1) is 0 Å². The lowest BCUT2D eigenvalue weighted by molar-refractivity contribution is -0.296. The zero-order chi connectivity index (χ0) is 22.2. The molecule has 7 heteroatoms. The van der Waals surface area contributed by atoms with Gasteiger partial charge in [0.1, 0.15) is 12.2 Å². The summed E-state index contributed by atoms with van der Waals surface area (Å²) in [6.45, 7) is 12.6. The van der Waals surface area contributed by atoms with Gasteiger partial charge < -0.3 is 29.5 Å². The molecule has 0 aliphatic carbocycles. The Morgan fingerprint density at radius 3 is 2.52 bits per heavy atom. The molecule has 0 saturated carbocycles. The van der Waals surface area contributed by atoms with Crippen molar-refractivity contribution in [3.8, 4) is 0 Å². The first-order valence-electron chi connectivity index (χ1n) is 9.92. The van der Waals surface area contributed by atoms with Gasteiger partial charge >= 0.3 is 5.97 Å². The summed E-state index contributed by atoms with van der Waals surface area (Å²) in [6, 6.07) is 0. The second-order valence-corrected chi connectivity index (χ2v) is 8.07. The molecule has 29 heavy (non-hydrogen) atoms. The standard InChI is InChI=1S/C22H36O7/c1-7-22(6,10-8-9-15(4)12-17(24)11-14(2)3)29-21-20(28-16(5)23)19(26)18(25)13-27-21/h7,9,11,17-21,24-26H,1,8,10,12-13H2,2-6H3/b15-9+/t17-,18-,19+,20-,21+,22+/m0/s1. The minimum Gasteiger partial charge on any atom is -0.454 e. The highest BCUT2D eigenvalue weighted by Gasteiger charge is 2.44. The first kappa shape index (κ1) is 25.5. The first-order chi connectivity index (χ1) is 13.5. The molecule has 6 atom stereocenters. The van der Waals surface area contributed by atoms with Crippen LogP contribution < -0.4 is 0 Å². The molecule has 1 aliphatic heterocycles. The summed E-state index contributed by atoms with van der Waals surface area (Å²) < 4.78 is 16.6. The molecule has 0 amide bonds. The van der Waals surface area contributed by atoms with Crippen LogP contribution in [-0.2, 0) is 19.0 Å². The van der Waals surface area contributed by atoms with Gasteiger partial charge in [-0.3, -0.25) is 4.79 Å². The number of hydrogen-bond donors (Lipinski definition) is 3. The van der Waals surface area contributed by atoms with E-state index in [2.05, 4.69) is 6.58 Å². The van der Waals surface area contributed by atoms with Crippen LogP contribution >= 0.6 is 0 Å². The summed E-state index contributed by atoms with van der Waals surface area (Å²) in [5.41, 5.74) is 1.33. The molecule has 0 unspecified atom stereocenters. The van der Waals surface area contributed by atoms with Gasteiger partial charge in [-0.2, -0.15) is 0 Å². The van der Waals surface area contributed by atoms with Crippen molar-refractivity contribution in [3.05, 3.63) is 36.0 Å². The highest BCUT2D eigenvalue weighted by molar-refractivity contribution is 5.66. The van der Waals surface area contributed by atoms with E-state index in [1.165, 1.54) is 6.92 Å². The molecule has 3 N–H and O–H groups in total. The molecule has 1 rings (SSSR count). The van der Waals surface area contributed by atoms with Crippen molar-refractivity contribution < 1.29 is 34.3 Å². The van der Waals surface area contributed by atoms with Crippen LogP contribution in [0.2, 0.25) is 0 Å². The van der Waals surface area contributed by atoms with Crippen LogP contribution in [0.3, 0.4) is 0 Å². The smallest absolute Gasteiger partial charge is 0.303 e. The Labute approximate surface area is 173 Å². The number of aliphatic hydroxyl groups excluding tert-OH is 3. The molecule has 0 radical (unpaired) electrons. The molecule has 0 aromatic rings. The average molecular weight is 413 g/mol. The van der Waals surface area contributed by atoms with E-state index in [1.54, 1.807) is 6.08 Å². The van der Waals surface area contributed by atoms with Gasteiger partial charge in [-0.05, 0) is 47.0 Å². The largest absolute Gasteiger partial charge is 0.454 e. The fourth-order valence-corrected chi connectivity index (χ4v) is 3.12. The van der Waals surface area contributed by atoms with Gasteiger partial charge in [-0.15, -0.1) is 6.58 Å². The van der Waals surface area contributed by atoms with Gasteiger partial charge in [0, 0.05) is 6.92 Å². The molecule has 166 valence electrons. The van der Waals surface area contributed by atoms with Crippen LogP contribution in [0.4, 0.5) is 0 Å². The van der Waals surface area contributed by atoms with E-state index in [0.717, 1.165) is 11.1 Å². The molecular formula is C22H36O7. The van der Waals surface area contributed by atoms with Crippen LogP contribution in [0.1, 0.15) is 53.9 Å². The lowest BCUT2D eigenvalue weighted by atomic mass is 9.97. The summed E-state index contributed by atoms with van der Waals surface area (Å²) in [5, 5.41) is 30.0. The maximum Gasteiger partial charge on any atom is 0.303 e. The molecule has 1 heterocycles. The lowest BCUT2D eigenvalue weighted by Crippen LogP contribution is -2.57. The first-order valence-corrected chi connectivity index (χ1v) is 9.92. The van der Waals surface area contributed by atoms with Crippen molar-refractivity contribution >= 4 is 5.97 Å².